The van der Waals surface area contributed by atoms with E-state index in [0.29, 0.717) is 5.69 Å². The van der Waals surface area contributed by atoms with Crippen LogP contribution < -0.4 is 10.6 Å². The zero-order valence-corrected chi connectivity index (χ0v) is 11.3. The standard InChI is InChI=1S/C11H13N3O5S/c1-5-8(14-11(18)19-5)9(15)13-7(10(16)17)2-6-3-20-4-12-6/h3-5,7-8H,2H2,1H3,(H,13,15)(H,14,18)(H,16,17)/t5-,7?,8-/m0/s1. The highest BCUT2D eigenvalue weighted by Crippen LogP contribution is 2.09. The van der Waals surface area contributed by atoms with E-state index < -0.39 is 36.2 Å². The summed E-state index contributed by atoms with van der Waals surface area (Å²) in [6.45, 7) is 1.55. The fourth-order valence-electron chi connectivity index (χ4n) is 1.80. The maximum atomic E-state index is 12.0. The second kappa shape index (κ2) is 5.87. The monoisotopic (exact) mass is 299 g/mol. The molecule has 0 radical (unpaired) electrons. The van der Waals surface area contributed by atoms with E-state index in [1.54, 1.807) is 17.8 Å². The third kappa shape index (κ3) is 3.23. The lowest BCUT2D eigenvalue weighted by atomic mass is 10.1. The number of carboxylic acid groups (broad SMARTS) is 1. The Bertz CT molecular complexity index is 518. The average molecular weight is 299 g/mol. The van der Waals surface area contributed by atoms with E-state index in [-0.39, 0.29) is 6.42 Å². The fourth-order valence-corrected chi connectivity index (χ4v) is 2.37. The number of ether oxygens (including phenoxy) is 1. The number of hydrogen-bond donors (Lipinski definition) is 3. The van der Waals surface area contributed by atoms with Gasteiger partial charge in [0.05, 0.1) is 11.2 Å². The van der Waals surface area contributed by atoms with Crippen molar-refractivity contribution in [3.63, 3.8) is 0 Å². The van der Waals surface area contributed by atoms with Crippen LogP contribution in [0.4, 0.5) is 4.79 Å². The molecule has 8 nitrogen and oxygen atoms in total. The van der Waals surface area contributed by atoms with Gasteiger partial charge in [-0.05, 0) is 6.92 Å². The van der Waals surface area contributed by atoms with Crippen molar-refractivity contribution in [3.05, 3.63) is 16.6 Å². The molecule has 1 aliphatic rings. The first-order valence-corrected chi connectivity index (χ1v) is 6.79. The second-order valence-electron chi connectivity index (χ2n) is 4.32. The lowest BCUT2D eigenvalue weighted by Crippen LogP contribution is -2.52. The molecule has 1 aromatic heterocycles. The highest BCUT2D eigenvalue weighted by molar-refractivity contribution is 7.07. The maximum Gasteiger partial charge on any atom is 0.408 e. The minimum absolute atomic E-state index is 0.0838. The molecule has 1 aromatic rings. The molecule has 0 aliphatic carbocycles. The van der Waals surface area contributed by atoms with Crippen molar-refractivity contribution >= 4 is 29.3 Å². The van der Waals surface area contributed by atoms with Crippen LogP contribution in [0.3, 0.4) is 0 Å². The molecule has 2 heterocycles. The van der Waals surface area contributed by atoms with E-state index in [4.69, 9.17) is 9.84 Å². The van der Waals surface area contributed by atoms with Gasteiger partial charge in [0.15, 0.2) is 0 Å². The Morgan fingerprint density at radius 3 is 2.90 bits per heavy atom. The number of nitrogens with zero attached hydrogens (tertiary/aromatic N) is 1. The first-order valence-electron chi connectivity index (χ1n) is 5.84. The largest absolute Gasteiger partial charge is 0.480 e. The van der Waals surface area contributed by atoms with Crippen molar-refractivity contribution in [3.8, 4) is 0 Å². The Hall–Kier alpha value is -2.16. The molecule has 2 amide bonds. The Morgan fingerprint density at radius 2 is 2.40 bits per heavy atom. The van der Waals surface area contributed by atoms with Crippen molar-refractivity contribution in [1.29, 1.82) is 0 Å². The number of hydrogen-bond acceptors (Lipinski definition) is 6. The van der Waals surface area contributed by atoms with E-state index in [1.165, 1.54) is 11.3 Å². The van der Waals surface area contributed by atoms with E-state index in [2.05, 4.69) is 15.6 Å². The number of alkyl carbamates (subject to hydrolysis) is 1. The van der Waals surface area contributed by atoms with Gasteiger partial charge in [-0.25, -0.2) is 14.6 Å². The molecule has 3 atom stereocenters. The number of carbonyl (C=O) groups excluding carboxylic acids is 2. The summed E-state index contributed by atoms with van der Waals surface area (Å²) < 4.78 is 4.77. The number of carboxylic acids is 1. The highest BCUT2D eigenvalue weighted by Gasteiger charge is 2.37. The SMILES string of the molecule is C[C@@H]1OC(=O)N[C@@H]1C(=O)NC(Cc1cscn1)C(=O)O. The normalized spacial score (nSPS) is 22.8. The van der Waals surface area contributed by atoms with Crippen LogP contribution in [0.2, 0.25) is 0 Å². The molecule has 0 aromatic carbocycles. The van der Waals surface area contributed by atoms with Crippen LogP contribution in [0.1, 0.15) is 12.6 Å². The molecule has 108 valence electrons. The zero-order chi connectivity index (χ0) is 14.7. The van der Waals surface area contributed by atoms with E-state index in [0.717, 1.165) is 0 Å². The Balaban J connectivity index is 1.99. The summed E-state index contributed by atoms with van der Waals surface area (Å²) in [4.78, 5) is 38.1. The number of aromatic nitrogens is 1. The fraction of sp³-hybridized carbons (Fsp3) is 0.455. The summed E-state index contributed by atoms with van der Waals surface area (Å²) in [7, 11) is 0. The molecule has 3 N–H and O–H groups in total. The molecular formula is C11H13N3O5S. The molecule has 0 spiro atoms. The van der Waals surface area contributed by atoms with Gasteiger partial charge in [-0.2, -0.15) is 0 Å². The van der Waals surface area contributed by atoms with Gasteiger partial charge in [0, 0.05) is 11.8 Å². The van der Waals surface area contributed by atoms with Crippen molar-refractivity contribution in [2.24, 2.45) is 0 Å². The minimum Gasteiger partial charge on any atom is -0.480 e. The molecule has 1 unspecified atom stereocenters. The van der Waals surface area contributed by atoms with Gasteiger partial charge in [0.2, 0.25) is 5.91 Å². The molecule has 0 saturated carbocycles. The number of amides is 2. The van der Waals surface area contributed by atoms with Crippen LogP contribution in [-0.2, 0) is 20.7 Å². The third-order valence-corrected chi connectivity index (χ3v) is 3.46. The van der Waals surface area contributed by atoms with Crippen LogP contribution in [0.5, 0.6) is 0 Å². The van der Waals surface area contributed by atoms with Crippen LogP contribution in [0.15, 0.2) is 10.9 Å². The topological polar surface area (TPSA) is 118 Å². The molecular weight excluding hydrogens is 286 g/mol. The molecule has 2 rings (SSSR count). The smallest absolute Gasteiger partial charge is 0.408 e. The highest BCUT2D eigenvalue weighted by atomic mass is 32.1. The van der Waals surface area contributed by atoms with Gasteiger partial charge in [-0.1, -0.05) is 0 Å². The molecule has 9 heteroatoms. The second-order valence-corrected chi connectivity index (χ2v) is 5.03. The number of nitrogens with one attached hydrogen (secondary N) is 2. The number of rotatable bonds is 5. The lowest BCUT2D eigenvalue weighted by Gasteiger charge is -2.17. The average Bonchev–Trinajstić information content (AvgIpc) is 2.97. The van der Waals surface area contributed by atoms with Gasteiger partial charge >= 0.3 is 12.1 Å². The van der Waals surface area contributed by atoms with E-state index in [9.17, 15) is 14.4 Å². The predicted octanol–water partition coefficient (Wildman–Crippen LogP) is -0.248. The molecule has 1 fully saturated rings. The van der Waals surface area contributed by atoms with Gasteiger partial charge in [0.1, 0.15) is 18.2 Å². The van der Waals surface area contributed by atoms with Gasteiger partial charge in [-0.3, -0.25) is 4.79 Å². The maximum absolute atomic E-state index is 12.0. The van der Waals surface area contributed by atoms with Crippen molar-refractivity contribution in [2.75, 3.05) is 0 Å². The summed E-state index contributed by atoms with van der Waals surface area (Å²) in [6, 6.07) is -1.99. The summed E-state index contributed by atoms with van der Waals surface area (Å²) >= 11 is 1.34. The number of thiazole rings is 1. The predicted molar refractivity (Wildman–Crippen MR) is 68.3 cm³/mol. The van der Waals surface area contributed by atoms with Gasteiger partial charge in [-0.15, -0.1) is 11.3 Å². The lowest BCUT2D eigenvalue weighted by molar-refractivity contribution is -0.142. The van der Waals surface area contributed by atoms with Crippen molar-refractivity contribution < 1.29 is 24.2 Å². The summed E-state index contributed by atoms with van der Waals surface area (Å²) in [5, 5.41) is 15.5. The quantitative estimate of drug-likeness (QED) is 0.690. The summed E-state index contributed by atoms with van der Waals surface area (Å²) in [6.07, 6.45) is -1.25. The van der Waals surface area contributed by atoms with Crippen LogP contribution in [0.25, 0.3) is 0 Å². The van der Waals surface area contributed by atoms with Gasteiger partial charge < -0.3 is 20.5 Å². The molecule has 1 saturated heterocycles. The third-order valence-electron chi connectivity index (χ3n) is 2.83. The number of cyclic esters (lactones) is 1. The molecule has 0 bridgehead atoms. The van der Waals surface area contributed by atoms with E-state index >= 15 is 0 Å². The first-order chi connectivity index (χ1) is 9.47. The first kappa shape index (κ1) is 14.3. The van der Waals surface area contributed by atoms with Crippen LogP contribution >= 0.6 is 11.3 Å². The van der Waals surface area contributed by atoms with Crippen molar-refractivity contribution in [1.82, 2.24) is 15.6 Å². The van der Waals surface area contributed by atoms with Gasteiger partial charge in [0.25, 0.3) is 0 Å². The van der Waals surface area contributed by atoms with Crippen molar-refractivity contribution in [2.45, 2.75) is 31.5 Å². The number of carbonyl (C=O) groups is 3. The van der Waals surface area contributed by atoms with Crippen LogP contribution in [0, 0.1) is 0 Å². The summed E-state index contributed by atoms with van der Waals surface area (Å²) in [5.41, 5.74) is 2.17. The zero-order valence-electron chi connectivity index (χ0n) is 10.5. The van der Waals surface area contributed by atoms with E-state index in [1.807, 2.05) is 0 Å². The summed E-state index contributed by atoms with van der Waals surface area (Å²) in [5.74, 6) is -1.75. The molecule has 20 heavy (non-hydrogen) atoms. The minimum atomic E-state index is -1.16. The Morgan fingerprint density at radius 1 is 1.65 bits per heavy atom. The van der Waals surface area contributed by atoms with Crippen LogP contribution in [-0.4, -0.2) is 46.2 Å². The number of aliphatic carboxylic acids is 1. The Labute approximate surface area is 118 Å². The Kier molecular flexibility index (Phi) is 4.18. The molecule has 1 aliphatic heterocycles.